The maximum absolute atomic E-state index is 9.91. The summed E-state index contributed by atoms with van der Waals surface area (Å²) in [6, 6.07) is -0.292. The molecule has 0 N–H and O–H groups in total. The Balaban J connectivity index is 2.25. The first-order chi connectivity index (χ1) is 3.70. The highest BCUT2D eigenvalue weighted by molar-refractivity contribution is 4.75. The first-order valence-electron chi connectivity index (χ1n) is 2.52. The van der Waals surface area contributed by atoms with Gasteiger partial charge in [-0.05, 0) is 7.05 Å². The third kappa shape index (κ3) is 0.790. The molecule has 4 heteroatoms. The van der Waals surface area contributed by atoms with Crippen LogP contribution in [0.3, 0.4) is 0 Å². The van der Waals surface area contributed by atoms with E-state index in [2.05, 4.69) is 0 Å². The van der Waals surface area contributed by atoms with Crippen molar-refractivity contribution in [3.63, 3.8) is 0 Å². The first kappa shape index (κ1) is 5.50. The molecule has 4 nitrogen and oxygen atoms in total. The number of nitro groups is 1. The van der Waals surface area contributed by atoms with Crippen LogP contribution in [0.5, 0.6) is 0 Å². The van der Waals surface area contributed by atoms with E-state index in [-0.39, 0.29) is 11.0 Å². The molecule has 1 saturated heterocycles. The number of nitrogens with zero attached hydrogens (tertiary/aromatic N) is 2. The van der Waals surface area contributed by atoms with Gasteiger partial charge in [-0.3, -0.25) is 15.0 Å². The molecule has 1 fully saturated rings. The van der Waals surface area contributed by atoms with Crippen molar-refractivity contribution in [2.45, 2.75) is 6.04 Å². The summed E-state index contributed by atoms with van der Waals surface area (Å²) in [6.07, 6.45) is 0. The predicted molar refractivity (Wildman–Crippen MR) is 28.3 cm³/mol. The topological polar surface area (TPSA) is 46.4 Å². The molecule has 0 amide bonds. The van der Waals surface area contributed by atoms with Gasteiger partial charge in [-0.25, -0.2) is 0 Å². The van der Waals surface area contributed by atoms with Crippen molar-refractivity contribution >= 4 is 0 Å². The van der Waals surface area contributed by atoms with E-state index in [0.717, 1.165) is 0 Å². The molecule has 0 atom stereocenters. The third-order valence-corrected chi connectivity index (χ3v) is 1.34. The van der Waals surface area contributed by atoms with Gasteiger partial charge >= 0.3 is 0 Å². The molecule has 1 heterocycles. The smallest absolute Gasteiger partial charge is 0.238 e. The summed E-state index contributed by atoms with van der Waals surface area (Å²) in [5, 5.41) is 9.91. The van der Waals surface area contributed by atoms with E-state index in [4.69, 9.17) is 0 Å². The summed E-state index contributed by atoms with van der Waals surface area (Å²) in [4.78, 5) is 11.6. The fraction of sp³-hybridized carbons (Fsp3) is 1.00. The second-order valence-corrected chi connectivity index (χ2v) is 2.16. The van der Waals surface area contributed by atoms with Crippen LogP contribution in [0.4, 0.5) is 0 Å². The molecule has 8 heavy (non-hydrogen) atoms. The van der Waals surface area contributed by atoms with E-state index >= 15 is 0 Å². The van der Waals surface area contributed by atoms with E-state index < -0.39 is 0 Å². The van der Waals surface area contributed by atoms with Gasteiger partial charge in [-0.1, -0.05) is 0 Å². The number of likely N-dealkylation sites (N-methyl/N-ethyl adjacent to an activating group) is 1. The molecular weight excluding hydrogens is 108 g/mol. The van der Waals surface area contributed by atoms with Crippen LogP contribution in [0.25, 0.3) is 0 Å². The molecule has 0 aliphatic carbocycles. The zero-order valence-corrected chi connectivity index (χ0v) is 4.70. The van der Waals surface area contributed by atoms with E-state index in [1.54, 1.807) is 0 Å². The van der Waals surface area contributed by atoms with Crippen LogP contribution in [0.1, 0.15) is 0 Å². The Kier molecular flexibility index (Phi) is 1.17. The summed E-state index contributed by atoms with van der Waals surface area (Å²) in [6.45, 7) is 1.24. The zero-order chi connectivity index (χ0) is 6.15. The van der Waals surface area contributed by atoms with Crippen LogP contribution >= 0.6 is 0 Å². The Hall–Kier alpha value is -0.640. The Morgan fingerprint density at radius 2 is 2.25 bits per heavy atom. The number of likely N-dealkylation sites (tertiary alicyclic amines) is 1. The molecular formula is C4H8N2O2. The minimum absolute atomic E-state index is 0.222. The fourth-order valence-electron chi connectivity index (χ4n) is 0.799. The first-order valence-corrected chi connectivity index (χ1v) is 2.52. The normalized spacial score (nSPS) is 22.6. The van der Waals surface area contributed by atoms with Crippen molar-refractivity contribution < 1.29 is 4.92 Å². The number of rotatable bonds is 1. The Labute approximate surface area is 47.2 Å². The van der Waals surface area contributed by atoms with Crippen LogP contribution in [0.2, 0.25) is 0 Å². The van der Waals surface area contributed by atoms with Crippen LogP contribution in [-0.4, -0.2) is 36.0 Å². The van der Waals surface area contributed by atoms with Crippen LogP contribution < -0.4 is 0 Å². The van der Waals surface area contributed by atoms with E-state index in [0.29, 0.717) is 13.1 Å². The molecule has 1 aliphatic heterocycles. The van der Waals surface area contributed by atoms with E-state index in [1.165, 1.54) is 0 Å². The minimum atomic E-state index is -0.292. The second kappa shape index (κ2) is 1.70. The monoisotopic (exact) mass is 116 g/mol. The van der Waals surface area contributed by atoms with Crippen LogP contribution in [-0.2, 0) is 0 Å². The lowest BCUT2D eigenvalue weighted by molar-refractivity contribution is -0.538. The highest BCUT2D eigenvalue weighted by Crippen LogP contribution is 2.05. The van der Waals surface area contributed by atoms with Crippen LogP contribution in [0.15, 0.2) is 0 Å². The molecule has 0 aromatic rings. The van der Waals surface area contributed by atoms with Gasteiger partial charge in [0.15, 0.2) is 0 Å². The Morgan fingerprint density at radius 3 is 2.38 bits per heavy atom. The lowest BCUT2D eigenvalue weighted by Gasteiger charge is -2.28. The van der Waals surface area contributed by atoms with Gasteiger partial charge < -0.3 is 0 Å². The third-order valence-electron chi connectivity index (χ3n) is 1.34. The maximum Gasteiger partial charge on any atom is 0.238 e. The number of hydrogen-bond acceptors (Lipinski definition) is 3. The van der Waals surface area contributed by atoms with Crippen molar-refractivity contribution in [3.05, 3.63) is 10.1 Å². The quantitative estimate of drug-likeness (QED) is 0.345. The molecule has 0 spiro atoms. The minimum Gasteiger partial charge on any atom is -0.293 e. The highest BCUT2D eigenvalue weighted by Gasteiger charge is 2.32. The van der Waals surface area contributed by atoms with Crippen LogP contribution in [0, 0.1) is 10.1 Å². The lowest BCUT2D eigenvalue weighted by atomic mass is 10.1. The summed E-state index contributed by atoms with van der Waals surface area (Å²) in [5.41, 5.74) is 0. The predicted octanol–water partition coefficient (Wildman–Crippen LogP) is -0.423. The molecule has 46 valence electrons. The average Bonchev–Trinajstić information content (AvgIpc) is 1.57. The fourth-order valence-corrected chi connectivity index (χ4v) is 0.799. The summed E-state index contributed by atoms with van der Waals surface area (Å²) < 4.78 is 0. The van der Waals surface area contributed by atoms with Gasteiger partial charge in [0, 0.05) is 4.92 Å². The van der Waals surface area contributed by atoms with E-state index in [9.17, 15) is 10.1 Å². The van der Waals surface area contributed by atoms with Crippen molar-refractivity contribution in [2.24, 2.45) is 0 Å². The Morgan fingerprint density at radius 1 is 1.75 bits per heavy atom. The van der Waals surface area contributed by atoms with E-state index in [1.807, 2.05) is 11.9 Å². The van der Waals surface area contributed by atoms with Gasteiger partial charge in [0.05, 0.1) is 13.1 Å². The zero-order valence-electron chi connectivity index (χ0n) is 4.70. The van der Waals surface area contributed by atoms with Gasteiger partial charge in [0.25, 0.3) is 0 Å². The summed E-state index contributed by atoms with van der Waals surface area (Å²) in [5.74, 6) is 0. The van der Waals surface area contributed by atoms with Gasteiger partial charge in [-0.2, -0.15) is 0 Å². The summed E-state index contributed by atoms with van der Waals surface area (Å²) >= 11 is 0. The molecule has 0 bridgehead atoms. The van der Waals surface area contributed by atoms with Crippen molar-refractivity contribution in [3.8, 4) is 0 Å². The van der Waals surface area contributed by atoms with Crippen molar-refractivity contribution in [1.29, 1.82) is 0 Å². The lowest BCUT2D eigenvalue weighted by Crippen LogP contribution is -2.52. The van der Waals surface area contributed by atoms with Gasteiger partial charge in [0.1, 0.15) is 0 Å². The molecule has 0 aromatic carbocycles. The second-order valence-electron chi connectivity index (χ2n) is 2.16. The largest absolute Gasteiger partial charge is 0.293 e. The van der Waals surface area contributed by atoms with Gasteiger partial charge in [-0.15, -0.1) is 0 Å². The van der Waals surface area contributed by atoms with Crippen molar-refractivity contribution in [1.82, 2.24) is 4.90 Å². The number of hydrogen-bond donors (Lipinski definition) is 0. The maximum atomic E-state index is 9.91. The summed E-state index contributed by atoms with van der Waals surface area (Å²) in [7, 11) is 1.88. The molecule has 0 radical (unpaired) electrons. The SMILES string of the molecule is CN1CC([N+](=O)[O-])C1. The molecule has 1 aliphatic rings. The molecule has 1 rings (SSSR count). The van der Waals surface area contributed by atoms with Gasteiger partial charge in [0.2, 0.25) is 6.04 Å². The van der Waals surface area contributed by atoms with Crippen molar-refractivity contribution in [2.75, 3.05) is 20.1 Å². The highest BCUT2D eigenvalue weighted by atomic mass is 16.6. The Bertz CT molecular complexity index is 109. The molecule has 0 saturated carbocycles. The average molecular weight is 116 g/mol. The standard InChI is InChI=1S/C4H8N2O2/c1-5-2-4(3-5)6(7)8/h4H,2-3H2,1H3. The molecule has 0 aromatic heterocycles. The molecule has 0 unspecified atom stereocenters.